The van der Waals surface area contributed by atoms with Gasteiger partial charge in [0.2, 0.25) is 0 Å². The lowest BCUT2D eigenvalue weighted by molar-refractivity contribution is -0.0166. The number of benzene rings is 1. The van der Waals surface area contributed by atoms with Crippen molar-refractivity contribution in [2.24, 2.45) is 5.73 Å². The van der Waals surface area contributed by atoms with Crippen LogP contribution in [-0.2, 0) is 4.74 Å². The molecule has 0 bridgehead atoms. The van der Waals surface area contributed by atoms with Crippen LogP contribution in [0, 0.1) is 0 Å². The second-order valence-corrected chi connectivity index (χ2v) is 5.54. The van der Waals surface area contributed by atoms with Gasteiger partial charge >= 0.3 is 0 Å². The fourth-order valence-corrected chi connectivity index (χ4v) is 3.29. The molecule has 0 spiro atoms. The molecule has 1 aliphatic rings. The number of morpholine rings is 1. The Labute approximate surface area is 127 Å². The Kier molecular flexibility index (Phi) is 4.99. The molecule has 108 valence electrons. The topological polar surface area (TPSA) is 55.6 Å². The van der Waals surface area contributed by atoms with Gasteiger partial charge in [-0.1, -0.05) is 18.2 Å². The van der Waals surface area contributed by atoms with E-state index in [-0.39, 0.29) is 24.4 Å². The smallest absolute Gasteiger partial charge is 0.255 e. The van der Waals surface area contributed by atoms with Crippen molar-refractivity contribution in [3.63, 3.8) is 0 Å². The molecule has 3 rings (SSSR count). The number of halogens is 1. The minimum Gasteiger partial charge on any atom is -0.373 e. The van der Waals surface area contributed by atoms with E-state index in [4.69, 9.17) is 10.5 Å². The summed E-state index contributed by atoms with van der Waals surface area (Å²) in [5.41, 5.74) is 6.40. The van der Waals surface area contributed by atoms with Crippen LogP contribution < -0.4 is 5.73 Å². The fourth-order valence-electron chi connectivity index (χ4n) is 2.36. The highest BCUT2D eigenvalue weighted by atomic mass is 35.5. The molecule has 0 saturated carbocycles. The highest BCUT2D eigenvalue weighted by Gasteiger charge is 2.25. The highest BCUT2D eigenvalue weighted by molar-refractivity contribution is 7.17. The number of rotatable bonds is 2. The summed E-state index contributed by atoms with van der Waals surface area (Å²) in [7, 11) is 0. The molecule has 1 saturated heterocycles. The Morgan fingerprint density at radius 3 is 3.05 bits per heavy atom. The van der Waals surface area contributed by atoms with Gasteiger partial charge in [0, 0.05) is 35.1 Å². The van der Waals surface area contributed by atoms with E-state index in [1.165, 1.54) is 0 Å². The van der Waals surface area contributed by atoms with Crippen molar-refractivity contribution in [2.75, 3.05) is 26.2 Å². The van der Waals surface area contributed by atoms with E-state index in [2.05, 4.69) is 0 Å². The van der Waals surface area contributed by atoms with E-state index in [0.29, 0.717) is 26.2 Å². The summed E-state index contributed by atoms with van der Waals surface area (Å²) in [5, 5.41) is 2.98. The summed E-state index contributed by atoms with van der Waals surface area (Å²) >= 11 is 1.61. The third-order valence-corrected chi connectivity index (χ3v) is 4.36. The molecule has 1 aliphatic heterocycles. The van der Waals surface area contributed by atoms with Crippen molar-refractivity contribution in [1.82, 2.24) is 4.90 Å². The van der Waals surface area contributed by atoms with E-state index in [0.717, 1.165) is 15.6 Å². The van der Waals surface area contributed by atoms with Gasteiger partial charge in [0.15, 0.2) is 0 Å². The molecular weight excluding hydrogens is 296 g/mol. The van der Waals surface area contributed by atoms with Crippen molar-refractivity contribution in [1.29, 1.82) is 0 Å². The van der Waals surface area contributed by atoms with Crippen molar-refractivity contribution in [2.45, 2.75) is 6.10 Å². The standard InChI is InChI=1S/C14H16N2O2S.ClH/c15-7-10-8-16(5-6-18-10)14(17)12-9-19-13-4-2-1-3-11(12)13;/h1-4,9-10H,5-8,15H2;1H. The predicted molar refractivity (Wildman–Crippen MR) is 83.8 cm³/mol. The molecule has 1 aromatic heterocycles. The predicted octanol–water partition coefficient (Wildman–Crippen LogP) is 2.12. The van der Waals surface area contributed by atoms with Crippen LogP contribution in [-0.4, -0.2) is 43.2 Å². The van der Waals surface area contributed by atoms with Crippen LogP contribution in [0.4, 0.5) is 0 Å². The quantitative estimate of drug-likeness (QED) is 0.924. The molecule has 0 radical (unpaired) electrons. The number of thiophene rings is 1. The maximum atomic E-state index is 12.6. The second-order valence-electron chi connectivity index (χ2n) is 4.63. The van der Waals surface area contributed by atoms with E-state index >= 15 is 0 Å². The van der Waals surface area contributed by atoms with E-state index < -0.39 is 0 Å². The van der Waals surface area contributed by atoms with Crippen molar-refractivity contribution in [3.05, 3.63) is 35.2 Å². The number of hydrogen-bond acceptors (Lipinski definition) is 4. The maximum absolute atomic E-state index is 12.6. The summed E-state index contributed by atoms with van der Waals surface area (Å²) in [6, 6.07) is 8.00. The normalized spacial score (nSPS) is 18.9. The van der Waals surface area contributed by atoms with Crippen LogP contribution in [0.5, 0.6) is 0 Å². The Balaban J connectivity index is 0.00000147. The minimum atomic E-state index is -0.0393. The molecule has 1 amide bonds. The Bertz CT molecular complexity index is 602. The Morgan fingerprint density at radius 2 is 2.25 bits per heavy atom. The summed E-state index contributed by atoms with van der Waals surface area (Å²) in [5.74, 6) is 0.0826. The van der Waals surface area contributed by atoms with Gasteiger partial charge < -0.3 is 15.4 Å². The Morgan fingerprint density at radius 1 is 1.45 bits per heavy atom. The summed E-state index contributed by atoms with van der Waals surface area (Å²) in [4.78, 5) is 14.4. The number of carbonyl (C=O) groups excluding carboxylic acids is 1. The summed E-state index contributed by atoms with van der Waals surface area (Å²) in [6.07, 6.45) is -0.0393. The van der Waals surface area contributed by atoms with Crippen LogP contribution in [0.3, 0.4) is 0 Å². The van der Waals surface area contributed by atoms with Crippen molar-refractivity contribution in [3.8, 4) is 0 Å². The van der Waals surface area contributed by atoms with Crippen molar-refractivity contribution < 1.29 is 9.53 Å². The number of nitrogens with two attached hydrogens (primary N) is 1. The minimum absolute atomic E-state index is 0. The van der Waals surface area contributed by atoms with Gasteiger partial charge in [-0.3, -0.25) is 4.79 Å². The van der Waals surface area contributed by atoms with Crippen molar-refractivity contribution >= 4 is 39.7 Å². The van der Waals surface area contributed by atoms with Gasteiger partial charge in [0.1, 0.15) is 0 Å². The fraction of sp³-hybridized carbons (Fsp3) is 0.357. The van der Waals surface area contributed by atoms with Crippen LogP contribution in [0.2, 0.25) is 0 Å². The van der Waals surface area contributed by atoms with Gasteiger partial charge in [-0.15, -0.1) is 23.7 Å². The van der Waals surface area contributed by atoms with Crippen LogP contribution in [0.15, 0.2) is 29.6 Å². The molecule has 6 heteroatoms. The first-order chi connectivity index (χ1) is 9.29. The largest absolute Gasteiger partial charge is 0.373 e. The SMILES string of the molecule is Cl.NCC1CN(C(=O)c2csc3ccccc23)CCO1. The molecule has 0 aliphatic carbocycles. The van der Waals surface area contributed by atoms with Gasteiger partial charge in [0.25, 0.3) is 5.91 Å². The van der Waals surface area contributed by atoms with Crippen LogP contribution >= 0.6 is 23.7 Å². The number of ether oxygens (including phenoxy) is 1. The lowest BCUT2D eigenvalue weighted by Gasteiger charge is -2.32. The maximum Gasteiger partial charge on any atom is 0.255 e. The number of fused-ring (bicyclic) bond motifs is 1. The zero-order chi connectivity index (χ0) is 13.2. The van der Waals surface area contributed by atoms with Crippen LogP contribution in [0.25, 0.3) is 10.1 Å². The number of amides is 1. The Hall–Kier alpha value is -1.14. The molecular formula is C14H17ClN2O2S. The average molecular weight is 313 g/mol. The number of carbonyl (C=O) groups is 1. The summed E-state index contributed by atoms with van der Waals surface area (Å²) in [6.45, 7) is 2.24. The monoisotopic (exact) mass is 312 g/mol. The number of nitrogens with zero attached hydrogens (tertiary/aromatic N) is 1. The first-order valence-electron chi connectivity index (χ1n) is 6.37. The molecule has 4 nitrogen and oxygen atoms in total. The van der Waals surface area contributed by atoms with Gasteiger partial charge in [0.05, 0.1) is 18.3 Å². The molecule has 2 heterocycles. The van der Waals surface area contributed by atoms with E-state index in [1.54, 1.807) is 11.3 Å². The van der Waals surface area contributed by atoms with E-state index in [9.17, 15) is 4.79 Å². The zero-order valence-electron chi connectivity index (χ0n) is 11.0. The molecule has 1 aromatic carbocycles. The van der Waals surface area contributed by atoms with E-state index in [1.807, 2.05) is 34.5 Å². The molecule has 20 heavy (non-hydrogen) atoms. The lowest BCUT2D eigenvalue weighted by atomic mass is 10.1. The molecule has 1 fully saturated rings. The molecule has 1 unspecified atom stereocenters. The number of hydrogen-bond donors (Lipinski definition) is 1. The van der Waals surface area contributed by atoms with Gasteiger partial charge in [-0.05, 0) is 6.07 Å². The van der Waals surface area contributed by atoms with Gasteiger partial charge in [-0.2, -0.15) is 0 Å². The second kappa shape index (κ2) is 6.54. The highest BCUT2D eigenvalue weighted by Crippen LogP contribution is 2.27. The molecule has 2 aromatic rings. The molecule has 2 N–H and O–H groups in total. The van der Waals surface area contributed by atoms with Crippen LogP contribution in [0.1, 0.15) is 10.4 Å². The molecule has 1 atom stereocenters. The third-order valence-electron chi connectivity index (χ3n) is 3.40. The third kappa shape index (κ3) is 2.81. The first-order valence-corrected chi connectivity index (χ1v) is 7.24. The summed E-state index contributed by atoms with van der Waals surface area (Å²) < 4.78 is 6.64. The van der Waals surface area contributed by atoms with Gasteiger partial charge in [-0.25, -0.2) is 0 Å². The zero-order valence-corrected chi connectivity index (χ0v) is 12.6. The first kappa shape index (κ1) is 15.3. The average Bonchev–Trinajstić information content (AvgIpc) is 2.90. The lowest BCUT2D eigenvalue weighted by Crippen LogP contribution is -2.48.